The number of halogens is 2. The Labute approximate surface area is 220 Å². The fourth-order valence-electron chi connectivity index (χ4n) is 5.70. The van der Waals surface area contributed by atoms with Gasteiger partial charge in [0.25, 0.3) is 0 Å². The Kier molecular flexibility index (Phi) is 7.04. The molecule has 1 aromatic carbocycles. The monoisotopic (exact) mass is 519 g/mol. The van der Waals surface area contributed by atoms with E-state index >= 15 is 8.78 Å². The van der Waals surface area contributed by atoms with Gasteiger partial charge in [0.15, 0.2) is 0 Å². The molecule has 1 saturated carbocycles. The molecule has 1 saturated heterocycles. The highest BCUT2D eigenvalue weighted by molar-refractivity contribution is 5.64. The number of aromatic nitrogens is 4. The molecule has 7 nitrogen and oxygen atoms in total. The van der Waals surface area contributed by atoms with E-state index in [0.717, 1.165) is 36.8 Å². The summed E-state index contributed by atoms with van der Waals surface area (Å²) in [5.41, 5.74) is 9.31. The average Bonchev–Trinajstić information content (AvgIpc) is 3.31. The number of fused-ring (bicyclic) bond motifs is 1. The zero-order valence-electron chi connectivity index (χ0n) is 21.2. The minimum absolute atomic E-state index is 0.113. The van der Waals surface area contributed by atoms with Gasteiger partial charge in [-0.1, -0.05) is 6.42 Å². The summed E-state index contributed by atoms with van der Waals surface area (Å²) in [4.78, 5) is 8.93. The summed E-state index contributed by atoms with van der Waals surface area (Å²) < 4.78 is 43.2. The van der Waals surface area contributed by atoms with E-state index in [1.54, 1.807) is 22.8 Å². The van der Waals surface area contributed by atoms with Crippen LogP contribution in [-0.4, -0.2) is 44.9 Å². The van der Waals surface area contributed by atoms with E-state index in [1.165, 1.54) is 17.7 Å². The minimum atomic E-state index is -0.719. The summed E-state index contributed by atoms with van der Waals surface area (Å²) in [7, 11) is 0. The van der Waals surface area contributed by atoms with Crippen LogP contribution in [-0.2, 0) is 11.2 Å². The molecule has 38 heavy (non-hydrogen) atoms. The Balaban J connectivity index is 1.29. The maximum atomic E-state index is 15.2. The molecule has 2 N–H and O–H groups in total. The third kappa shape index (κ3) is 5.13. The summed E-state index contributed by atoms with van der Waals surface area (Å²) in [5, 5.41) is 4.60. The lowest BCUT2D eigenvalue weighted by Gasteiger charge is -2.28. The molecule has 198 valence electrons. The van der Waals surface area contributed by atoms with Crippen LogP contribution in [0.15, 0.2) is 48.9 Å². The second-order valence-electron chi connectivity index (χ2n) is 10.3. The van der Waals surface area contributed by atoms with Gasteiger partial charge in [-0.2, -0.15) is 5.10 Å². The molecule has 2 atom stereocenters. The first-order valence-electron chi connectivity index (χ1n) is 13.3. The summed E-state index contributed by atoms with van der Waals surface area (Å²) in [6, 6.07) is 8.12. The van der Waals surface area contributed by atoms with Crippen LogP contribution in [0.1, 0.15) is 61.4 Å². The molecule has 2 fully saturated rings. The van der Waals surface area contributed by atoms with E-state index in [0.29, 0.717) is 44.2 Å². The molecule has 9 heteroatoms. The summed E-state index contributed by atoms with van der Waals surface area (Å²) in [5.74, 6) is -0.202. The Bertz CT molecular complexity index is 1410. The first-order valence-corrected chi connectivity index (χ1v) is 13.3. The molecule has 2 aliphatic rings. The first-order chi connectivity index (χ1) is 18.5. The number of hydrogen-bond acceptors (Lipinski definition) is 6. The normalized spacial score (nSPS) is 20.6. The van der Waals surface area contributed by atoms with Gasteiger partial charge in [-0.25, -0.2) is 18.3 Å². The van der Waals surface area contributed by atoms with Crippen LogP contribution in [0.5, 0.6) is 5.75 Å². The maximum Gasteiger partial charge on any atom is 0.139 e. The zero-order chi connectivity index (χ0) is 26.1. The summed E-state index contributed by atoms with van der Waals surface area (Å²) in [6.07, 6.45) is 11.4. The topological polar surface area (TPSA) is 87.6 Å². The fourth-order valence-corrected chi connectivity index (χ4v) is 5.70. The molecular weight excluding hydrogens is 488 g/mol. The number of hydrogen-bond donors (Lipinski definition) is 1. The quantitative estimate of drug-likeness (QED) is 0.377. The third-order valence-corrected chi connectivity index (χ3v) is 7.64. The number of benzene rings is 1. The Hall–Kier alpha value is -3.43. The van der Waals surface area contributed by atoms with E-state index in [2.05, 4.69) is 21.1 Å². The molecule has 0 unspecified atom stereocenters. The molecule has 4 aromatic rings. The van der Waals surface area contributed by atoms with Crippen LogP contribution in [0.2, 0.25) is 0 Å². The van der Waals surface area contributed by atoms with Crippen LogP contribution < -0.4 is 10.5 Å². The van der Waals surface area contributed by atoms with Crippen molar-refractivity contribution >= 4 is 5.52 Å². The Morgan fingerprint density at radius 2 is 1.84 bits per heavy atom. The average molecular weight is 520 g/mol. The maximum absolute atomic E-state index is 15.2. The minimum Gasteiger partial charge on any atom is -0.490 e. The molecule has 3 aromatic heterocycles. The molecule has 0 amide bonds. The number of nitrogens with two attached hydrogens (primary N) is 1. The van der Waals surface area contributed by atoms with Crippen molar-refractivity contribution in [1.29, 1.82) is 0 Å². The van der Waals surface area contributed by atoms with Gasteiger partial charge in [-0.05, 0) is 54.5 Å². The fraction of sp³-hybridized carbons (Fsp3) is 0.414. The largest absolute Gasteiger partial charge is 0.490 e. The van der Waals surface area contributed by atoms with Crippen LogP contribution in [0, 0.1) is 11.6 Å². The number of ether oxygens (including phenoxy) is 2. The van der Waals surface area contributed by atoms with E-state index in [4.69, 9.17) is 15.2 Å². The van der Waals surface area contributed by atoms with Crippen LogP contribution >= 0.6 is 0 Å². The van der Waals surface area contributed by atoms with Crippen molar-refractivity contribution in [2.75, 3.05) is 13.2 Å². The van der Waals surface area contributed by atoms with Crippen molar-refractivity contribution in [1.82, 2.24) is 19.6 Å². The number of rotatable bonds is 6. The second kappa shape index (κ2) is 10.7. The summed E-state index contributed by atoms with van der Waals surface area (Å²) in [6.45, 7) is 1.17. The zero-order valence-corrected chi connectivity index (χ0v) is 21.2. The van der Waals surface area contributed by atoms with Gasteiger partial charge in [0, 0.05) is 49.8 Å². The smallest absolute Gasteiger partial charge is 0.139 e. The third-order valence-electron chi connectivity index (χ3n) is 7.64. The lowest BCUT2D eigenvalue weighted by Crippen LogP contribution is -2.27. The lowest BCUT2D eigenvalue weighted by atomic mass is 9.80. The van der Waals surface area contributed by atoms with Gasteiger partial charge >= 0.3 is 0 Å². The van der Waals surface area contributed by atoms with E-state index in [9.17, 15) is 0 Å². The van der Waals surface area contributed by atoms with Crippen molar-refractivity contribution < 1.29 is 18.3 Å². The predicted molar refractivity (Wildman–Crippen MR) is 139 cm³/mol. The van der Waals surface area contributed by atoms with Gasteiger partial charge in [-0.3, -0.25) is 4.98 Å². The standard InChI is InChI=1S/C29H31F2N5O2/c30-25-14-23(38-22-7-10-37-11-8-22)15-26(31)29(25)27-5-4-21-17-34-28(36(21)35-27)13-19-16-33-9-6-24(19)18-2-1-3-20(32)12-18/h4-6,9,14-18,20,22H,1-3,7-8,10-13,32H2/t18-,20+/m1/s1. The molecule has 6 rings (SSSR count). The first kappa shape index (κ1) is 24.9. The van der Waals surface area contributed by atoms with Gasteiger partial charge in [-0.15, -0.1) is 0 Å². The van der Waals surface area contributed by atoms with Gasteiger partial charge in [0.05, 0.1) is 36.2 Å². The molecule has 0 bridgehead atoms. The molecule has 0 radical (unpaired) electrons. The van der Waals surface area contributed by atoms with Crippen LogP contribution in [0.4, 0.5) is 8.78 Å². The van der Waals surface area contributed by atoms with Crippen molar-refractivity contribution in [3.05, 3.63) is 77.5 Å². The number of nitrogens with zero attached hydrogens (tertiary/aromatic N) is 4. The predicted octanol–water partition coefficient (Wildman–Crippen LogP) is 5.20. The van der Waals surface area contributed by atoms with Gasteiger partial charge in [0.1, 0.15) is 29.3 Å². The molecule has 0 spiro atoms. The second-order valence-corrected chi connectivity index (χ2v) is 10.3. The highest BCUT2D eigenvalue weighted by Gasteiger charge is 2.24. The van der Waals surface area contributed by atoms with Crippen molar-refractivity contribution in [3.8, 4) is 17.0 Å². The van der Waals surface area contributed by atoms with Crippen LogP contribution in [0.3, 0.4) is 0 Å². The molecular formula is C29H31F2N5O2. The molecule has 4 heterocycles. The molecule has 1 aliphatic carbocycles. The van der Waals surface area contributed by atoms with Gasteiger partial charge in [0.2, 0.25) is 0 Å². The SMILES string of the molecule is N[C@H]1CCC[C@@H](c2ccncc2Cc2ncc3ccc(-c4c(F)cc(OC5CCOCC5)cc4F)nn23)C1. The van der Waals surface area contributed by atoms with E-state index in [1.807, 2.05) is 12.4 Å². The van der Waals surface area contributed by atoms with Crippen molar-refractivity contribution in [3.63, 3.8) is 0 Å². The van der Waals surface area contributed by atoms with Crippen molar-refractivity contribution in [2.24, 2.45) is 5.73 Å². The number of pyridine rings is 1. The number of imidazole rings is 1. The lowest BCUT2D eigenvalue weighted by molar-refractivity contribution is 0.0253. The van der Waals surface area contributed by atoms with Crippen LogP contribution in [0.25, 0.3) is 16.8 Å². The summed E-state index contributed by atoms with van der Waals surface area (Å²) >= 11 is 0. The Morgan fingerprint density at radius 3 is 2.63 bits per heavy atom. The Morgan fingerprint density at radius 1 is 1.03 bits per heavy atom. The van der Waals surface area contributed by atoms with E-state index < -0.39 is 11.6 Å². The van der Waals surface area contributed by atoms with Crippen molar-refractivity contribution in [2.45, 2.75) is 63.0 Å². The highest BCUT2D eigenvalue weighted by atomic mass is 19.1. The highest BCUT2D eigenvalue weighted by Crippen LogP contribution is 2.35. The van der Waals surface area contributed by atoms with Gasteiger partial charge < -0.3 is 15.2 Å². The molecule has 1 aliphatic heterocycles. The van der Waals surface area contributed by atoms with E-state index in [-0.39, 0.29) is 29.2 Å².